The number of tetrazole rings is 1. The summed E-state index contributed by atoms with van der Waals surface area (Å²) in [5.74, 6) is -0.0744. The Kier molecular flexibility index (Phi) is 5.87. The van der Waals surface area contributed by atoms with Crippen molar-refractivity contribution in [3.05, 3.63) is 71.0 Å². The van der Waals surface area contributed by atoms with Gasteiger partial charge in [0.15, 0.2) is 0 Å². The summed E-state index contributed by atoms with van der Waals surface area (Å²) in [5.41, 5.74) is 4.71. The first-order valence-electron chi connectivity index (χ1n) is 11.2. The molecule has 9 heteroatoms. The zero-order valence-corrected chi connectivity index (χ0v) is 18.6. The molecule has 0 bridgehead atoms. The van der Waals surface area contributed by atoms with Gasteiger partial charge in [0.05, 0.1) is 17.7 Å². The van der Waals surface area contributed by atoms with Crippen molar-refractivity contribution in [2.24, 2.45) is 0 Å². The normalized spacial score (nSPS) is 17.0. The van der Waals surface area contributed by atoms with Crippen molar-refractivity contribution in [3.63, 3.8) is 0 Å². The molecule has 5 rings (SSSR count). The molecular weight excluding hydrogens is 420 g/mol. The highest BCUT2D eigenvalue weighted by atomic mass is 16.5. The van der Waals surface area contributed by atoms with Gasteiger partial charge < -0.3 is 9.64 Å². The van der Waals surface area contributed by atoms with Crippen LogP contribution in [0.25, 0.3) is 5.69 Å². The Balaban J connectivity index is 1.11. The predicted molar refractivity (Wildman–Crippen MR) is 120 cm³/mol. The first-order valence-corrected chi connectivity index (χ1v) is 11.2. The number of fused-ring (bicyclic) bond motifs is 1. The van der Waals surface area contributed by atoms with E-state index in [4.69, 9.17) is 4.74 Å². The number of benzene rings is 2. The first kappa shape index (κ1) is 21.3. The lowest BCUT2D eigenvalue weighted by Crippen LogP contribution is -2.52. The molecule has 2 aliphatic rings. The van der Waals surface area contributed by atoms with Crippen LogP contribution in [0.3, 0.4) is 0 Å². The van der Waals surface area contributed by atoms with Crippen molar-refractivity contribution in [2.45, 2.75) is 32.4 Å². The molecule has 1 unspecified atom stereocenters. The molecule has 170 valence electrons. The summed E-state index contributed by atoms with van der Waals surface area (Å²) in [7, 11) is 0. The highest BCUT2D eigenvalue weighted by Crippen LogP contribution is 2.22. The number of cyclic esters (lactones) is 1. The number of hydrogen-bond acceptors (Lipinski definition) is 7. The molecule has 0 N–H and O–H groups in total. The molecule has 1 aromatic heterocycles. The lowest BCUT2D eigenvalue weighted by atomic mass is 10.0. The second-order valence-corrected chi connectivity index (χ2v) is 8.64. The summed E-state index contributed by atoms with van der Waals surface area (Å²) < 4.78 is 6.69. The van der Waals surface area contributed by atoms with Gasteiger partial charge in [-0.05, 0) is 53.1 Å². The molecule has 0 spiro atoms. The van der Waals surface area contributed by atoms with Crippen LogP contribution in [0, 0.1) is 0 Å². The largest absolute Gasteiger partial charge is 0.457 e. The molecule has 9 nitrogen and oxygen atoms in total. The van der Waals surface area contributed by atoms with Crippen molar-refractivity contribution >= 4 is 11.9 Å². The standard InChI is InChI=1S/C24H26N6O3/c1-17(12-19-4-7-22-20(13-19)15-33-24(22)32)28-8-10-29(11-9-28)23(31)14-18-2-5-21(6-3-18)30-16-25-26-27-30/h2-7,13,16-17H,8-12,14-15H2,1H3. The maximum absolute atomic E-state index is 12.8. The number of ether oxygens (including phenoxy) is 1. The number of aromatic nitrogens is 4. The maximum Gasteiger partial charge on any atom is 0.338 e. The number of piperazine rings is 1. The molecule has 0 radical (unpaired) electrons. The van der Waals surface area contributed by atoms with Crippen LogP contribution >= 0.6 is 0 Å². The number of esters is 1. The minimum absolute atomic E-state index is 0.153. The Bertz CT molecular complexity index is 1140. The van der Waals surface area contributed by atoms with Gasteiger partial charge in [-0.3, -0.25) is 9.69 Å². The molecule has 2 aromatic carbocycles. The Hall–Kier alpha value is -3.59. The summed E-state index contributed by atoms with van der Waals surface area (Å²) in [6.45, 7) is 5.78. The topological polar surface area (TPSA) is 93.5 Å². The third kappa shape index (κ3) is 4.63. The number of amides is 1. The minimum atomic E-state index is -0.228. The van der Waals surface area contributed by atoms with E-state index in [0.29, 0.717) is 24.6 Å². The average Bonchev–Trinajstić information content (AvgIpc) is 3.50. The third-order valence-electron chi connectivity index (χ3n) is 6.48. The van der Waals surface area contributed by atoms with Crippen LogP contribution in [0.5, 0.6) is 0 Å². The van der Waals surface area contributed by atoms with E-state index in [-0.39, 0.29) is 11.9 Å². The molecule has 0 saturated carbocycles. The van der Waals surface area contributed by atoms with Gasteiger partial charge >= 0.3 is 5.97 Å². The molecule has 1 saturated heterocycles. The van der Waals surface area contributed by atoms with Crippen molar-refractivity contribution in [1.29, 1.82) is 0 Å². The zero-order chi connectivity index (χ0) is 22.8. The first-order chi connectivity index (χ1) is 16.1. The number of hydrogen-bond donors (Lipinski definition) is 0. The highest BCUT2D eigenvalue weighted by Gasteiger charge is 2.25. The summed E-state index contributed by atoms with van der Waals surface area (Å²) in [4.78, 5) is 28.8. The molecule has 0 aliphatic carbocycles. The van der Waals surface area contributed by atoms with Crippen molar-refractivity contribution in [3.8, 4) is 5.69 Å². The second kappa shape index (κ2) is 9.11. The van der Waals surface area contributed by atoms with Crippen LogP contribution in [-0.4, -0.2) is 74.1 Å². The fraction of sp³-hybridized carbons (Fsp3) is 0.375. The average molecular weight is 447 g/mol. The van der Waals surface area contributed by atoms with Gasteiger partial charge in [-0.15, -0.1) is 5.10 Å². The molecule has 33 heavy (non-hydrogen) atoms. The van der Waals surface area contributed by atoms with Gasteiger partial charge in [-0.25, -0.2) is 9.48 Å². The van der Waals surface area contributed by atoms with Crippen molar-refractivity contribution in [2.75, 3.05) is 26.2 Å². The smallest absolute Gasteiger partial charge is 0.338 e. The monoisotopic (exact) mass is 446 g/mol. The van der Waals surface area contributed by atoms with Gasteiger partial charge in [0.1, 0.15) is 12.9 Å². The van der Waals surface area contributed by atoms with E-state index in [2.05, 4.69) is 33.4 Å². The van der Waals surface area contributed by atoms with Crippen LogP contribution in [0.15, 0.2) is 48.8 Å². The zero-order valence-electron chi connectivity index (χ0n) is 18.6. The van der Waals surface area contributed by atoms with Gasteiger partial charge in [0.2, 0.25) is 5.91 Å². The number of carbonyl (C=O) groups is 2. The van der Waals surface area contributed by atoms with Crippen molar-refractivity contribution in [1.82, 2.24) is 30.0 Å². The quantitative estimate of drug-likeness (QED) is 0.532. The Labute approximate surface area is 191 Å². The molecular formula is C24H26N6O3. The lowest BCUT2D eigenvalue weighted by Gasteiger charge is -2.38. The van der Waals surface area contributed by atoms with Gasteiger partial charge in [-0.2, -0.15) is 0 Å². The minimum Gasteiger partial charge on any atom is -0.457 e. The Morgan fingerprint density at radius 2 is 1.82 bits per heavy atom. The van der Waals surface area contributed by atoms with Gasteiger partial charge in [-0.1, -0.05) is 24.3 Å². The van der Waals surface area contributed by atoms with E-state index in [1.165, 1.54) is 5.56 Å². The van der Waals surface area contributed by atoms with E-state index >= 15 is 0 Å². The van der Waals surface area contributed by atoms with E-state index in [1.807, 2.05) is 41.3 Å². The van der Waals surface area contributed by atoms with E-state index in [0.717, 1.165) is 49.4 Å². The molecule has 1 amide bonds. The second-order valence-electron chi connectivity index (χ2n) is 8.64. The van der Waals surface area contributed by atoms with Gasteiger partial charge in [0.25, 0.3) is 0 Å². The van der Waals surface area contributed by atoms with Crippen molar-refractivity contribution < 1.29 is 14.3 Å². The fourth-order valence-electron chi connectivity index (χ4n) is 4.53. The van der Waals surface area contributed by atoms with Gasteiger partial charge in [0, 0.05) is 37.8 Å². The molecule has 1 atom stereocenters. The maximum atomic E-state index is 12.8. The predicted octanol–water partition coefficient (Wildman–Crippen LogP) is 1.65. The summed E-state index contributed by atoms with van der Waals surface area (Å²) in [5, 5.41) is 11.2. The summed E-state index contributed by atoms with van der Waals surface area (Å²) >= 11 is 0. The molecule has 3 heterocycles. The summed E-state index contributed by atoms with van der Waals surface area (Å²) in [6, 6.07) is 14.1. The van der Waals surface area contributed by atoms with Crippen LogP contribution in [-0.2, 0) is 29.0 Å². The highest BCUT2D eigenvalue weighted by molar-refractivity contribution is 5.93. The van der Waals surface area contributed by atoms with Crippen LogP contribution in [0.2, 0.25) is 0 Å². The lowest BCUT2D eigenvalue weighted by molar-refractivity contribution is -0.132. The summed E-state index contributed by atoms with van der Waals surface area (Å²) in [6.07, 6.45) is 2.84. The van der Waals surface area contributed by atoms with Crippen LogP contribution in [0.1, 0.15) is 34.0 Å². The SMILES string of the molecule is CC(Cc1ccc2c(c1)COC2=O)N1CCN(C(=O)Cc2ccc(-n3cnnn3)cc2)CC1. The van der Waals surface area contributed by atoms with E-state index < -0.39 is 0 Å². The number of rotatable bonds is 6. The Morgan fingerprint density at radius 3 is 2.55 bits per heavy atom. The number of nitrogens with zero attached hydrogens (tertiary/aromatic N) is 6. The van der Waals surface area contributed by atoms with E-state index in [1.54, 1.807) is 11.0 Å². The van der Waals surface area contributed by atoms with Crippen LogP contribution in [0.4, 0.5) is 0 Å². The van der Waals surface area contributed by atoms with E-state index in [9.17, 15) is 9.59 Å². The molecule has 2 aliphatic heterocycles. The molecule has 1 fully saturated rings. The number of carbonyl (C=O) groups excluding carboxylic acids is 2. The fourth-order valence-corrected chi connectivity index (χ4v) is 4.53. The van der Waals surface area contributed by atoms with Crippen LogP contribution < -0.4 is 0 Å². The Morgan fingerprint density at radius 1 is 1.06 bits per heavy atom. The third-order valence-corrected chi connectivity index (χ3v) is 6.48. The molecule has 3 aromatic rings.